The summed E-state index contributed by atoms with van der Waals surface area (Å²) < 4.78 is 11.7. The fourth-order valence-corrected chi connectivity index (χ4v) is 2.82. The lowest BCUT2D eigenvalue weighted by Crippen LogP contribution is -2.38. The van der Waals surface area contributed by atoms with E-state index in [0.29, 0.717) is 18.3 Å². The molecule has 0 bridgehead atoms. The molecule has 106 valence electrons. The van der Waals surface area contributed by atoms with Crippen LogP contribution in [0.3, 0.4) is 0 Å². The van der Waals surface area contributed by atoms with Crippen molar-refractivity contribution in [3.8, 4) is 0 Å². The van der Waals surface area contributed by atoms with E-state index < -0.39 is 10.8 Å². The molecule has 0 saturated carbocycles. The van der Waals surface area contributed by atoms with Crippen LogP contribution in [-0.4, -0.2) is 45.2 Å². The van der Waals surface area contributed by atoms with Gasteiger partial charge in [0.2, 0.25) is 0 Å². The van der Waals surface area contributed by atoms with E-state index in [4.69, 9.17) is 5.73 Å². The van der Waals surface area contributed by atoms with Crippen LogP contribution < -0.4 is 5.73 Å². The summed E-state index contributed by atoms with van der Waals surface area (Å²) in [4.78, 5) is 6.53. The second-order valence-corrected chi connectivity index (χ2v) is 8.13. The molecule has 1 aliphatic heterocycles. The Labute approximate surface area is 113 Å². The van der Waals surface area contributed by atoms with Gasteiger partial charge in [-0.25, -0.2) is 0 Å². The van der Waals surface area contributed by atoms with Crippen LogP contribution in [0.25, 0.3) is 0 Å². The van der Waals surface area contributed by atoms with Gasteiger partial charge in [-0.15, -0.1) is 0 Å². The Morgan fingerprint density at radius 3 is 2.28 bits per heavy atom. The molecular formula is C13H27N3OS. The van der Waals surface area contributed by atoms with Crippen LogP contribution in [0, 0.1) is 0 Å². The molecule has 1 atom stereocenters. The molecule has 0 amide bonds. The zero-order valence-electron chi connectivity index (χ0n) is 11.9. The number of nitrogens with two attached hydrogens (primary N) is 1. The quantitative estimate of drug-likeness (QED) is 0.629. The van der Waals surface area contributed by atoms with E-state index in [1.165, 1.54) is 25.7 Å². The average molecular weight is 273 g/mol. The molecule has 1 rings (SSSR count). The van der Waals surface area contributed by atoms with Crippen LogP contribution in [0.1, 0.15) is 46.5 Å². The van der Waals surface area contributed by atoms with Crippen molar-refractivity contribution in [2.24, 2.45) is 10.7 Å². The van der Waals surface area contributed by atoms with Gasteiger partial charge in [-0.1, -0.05) is 12.8 Å². The summed E-state index contributed by atoms with van der Waals surface area (Å²) in [5, 5.41) is 0. The summed E-state index contributed by atoms with van der Waals surface area (Å²) in [6.07, 6.45) is 4.98. The highest BCUT2D eigenvalue weighted by molar-refractivity contribution is 7.86. The largest absolute Gasteiger partial charge is 0.370 e. The summed E-state index contributed by atoms with van der Waals surface area (Å²) in [6, 6.07) is 0. The standard InChI is InChI=1S/C13H27N3OS/c1-13(2,3)18(17)11-8-15-12(14)16-9-6-4-5-7-10-16/h4-11H2,1-3H3,(H2,14,15)/t18-/m0/s1. The number of hydrogen-bond acceptors (Lipinski definition) is 2. The molecule has 1 fully saturated rings. The van der Waals surface area contributed by atoms with E-state index >= 15 is 0 Å². The molecule has 0 spiro atoms. The van der Waals surface area contributed by atoms with E-state index in [0.717, 1.165) is 13.1 Å². The van der Waals surface area contributed by atoms with Gasteiger partial charge < -0.3 is 10.6 Å². The van der Waals surface area contributed by atoms with Crippen molar-refractivity contribution in [1.82, 2.24) is 4.90 Å². The fourth-order valence-electron chi connectivity index (χ4n) is 1.95. The first-order valence-electron chi connectivity index (χ1n) is 6.84. The molecule has 5 heteroatoms. The van der Waals surface area contributed by atoms with Crippen LogP contribution in [-0.2, 0) is 10.8 Å². The molecule has 0 radical (unpaired) electrons. The van der Waals surface area contributed by atoms with Gasteiger partial charge in [0, 0.05) is 34.4 Å². The third-order valence-electron chi connectivity index (χ3n) is 3.16. The summed E-state index contributed by atoms with van der Waals surface area (Å²) in [6.45, 7) is 8.56. The molecule has 0 aromatic rings. The lowest BCUT2D eigenvalue weighted by molar-refractivity contribution is 0.429. The van der Waals surface area contributed by atoms with Crippen molar-refractivity contribution >= 4 is 16.8 Å². The van der Waals surface area contributed by atoms with Crippen molar-refractivity contribution in [2.75, 3.05) is 25.4 Å². The second-order valence-electron chi connectivity index (χ2n) is 5.80. The number of nitrogens with zero attached hydrogens (tertiary/aromatic N) is 2. The summed E-state index contributed by atoms with van der Waals surface area (Å²) in [5.41, 5.74) is 5.99. The molecule has 1 saturated heterocycles. The Morgan fingerprint density at radius 2 is 1.78 bits per heavy atom. The third-order valence-corrected chi connectivity index (χ3v) is 5.08. The van der Waals surface area contributed by atoms with E-state index in [1.807, 2.05) is 20.8 Å². The molecule has 1 aliphatic rings. The van der Waals surface area contributed by atoms with Crippen molar-refractivity contribution in [2.45, 2.75) is 51.2 Å². The Morgan fingerprint density at radius 1 is 1.22 bits per heavy atom. The van der Waals surface area contributed by atoms with Crippen molar-refractivity contribution < 1.29 is 4.21 Å². The molecule has 0 aliphatic carbocycles. The first-order chi connectivity index (χ1) is 8.41. The number of hydrogen-bond donors (Lipinski definition) is 1. The van der Waals surface area contributed by atoms with E-state index in [-0.39, 0.29) is 4.75 Å². The number of rotatable bonds is 3. The van der Waals surface area contributed by atoms with Gasteiger partial charge >= 0.3 is 0 Å². The zero-order valence-corrected chi connectivity index (χ0v) is 12.8. The lowest BCUT2D eigenvalue weighted by atomic mass is 10.2. The Balaban J connectivity index is 2.39. The summed E-state index contributed by atoms with van der Waals surface area (Å²) in [7, 11) is -0.843. The van der Waals surface area contributed by atoms with Crippen LogP contribution in [0.4, 0.5) is 0 Å². The monoisotopic (exact) mass is 273 g/mol. The molecule has 1 heterocycles. The molecule has 2 N–H and O–H groups in total. The van der Waals surface area contributed by atoms with E-state index in [2.05, 4.69) is 9.89 Å². The predicted molar refractivity (Wildman–Crippen MR) is 79.3 cm³/mol. The fraction of sp³-hybridized carbons (Fsp3) is 0.923. The Hall–Kier alpha value is -0.580. The normalized spacial score (nSPS) is 20.6. The van der Waals surface area contributed by atoms with Crippen LogP contribution in [0.15, 0.2) is 4.99 Å². The smallest absolute Gasteiger partial charge is 0.191 e. The number of likely N-dealkylation sites (tertiary alicyclic amines) is 1. The topological polar surface area (TPSA) is 58.7 Å². The van der Waals surface area contributed by atoms with Crippen LogP contribution in [0.5, 0.6) is 0 Å². The zero-order chi connectivity index (χ0) is 13.6. The van der Waals surface area contributed by atoms with Gasteiger partial charge in [0.1, 0.15) is 0 Å². The third kappa shape index (κ3) is 5.38. The maximum Gasteiger partial charge on any atom is 0.191 e. The molecule has 0 unspecified atom stereocenters. The lowest BCUT2D eigenvalue weighted by Gasteiger charge is -2.21. The Bertz CT molecular complexity index is 302. The molecule has 0 aromatic heterocycles. The summed E-state index contributed by atoms with van der Waals surface area (Å²) in [5.74, 6) is 1.22. The minimum atomic E-state index is -0.843. The van der Waals surface area contributed by atoms with Gasteiger partial charge in [0.15, 0.2) is 5.96 Å². The first-order valence-corrected chi connectivity index (χ1v) is 8.16. The highest BCUT2D eigenvalue weighted by Gasteiger charge is 2.18. The maximum absolute atomic E-state index is 11.9. The van der Waals surface area contributed by atoms with Gasteiger partial charge in [0.25, 0.3) is 0 Å². The SMILES string of the molecule is CC(C)(C)[S@@](=O)CCN=C(N)N1CCCCCC1. The Kier molecular flexibility index (Phi) is 6.12. The minimum absolute atomic E-state index is 0.160. The van der Waals surface area contributed by atoms with Crippen molar-refractivity contribution in [3.63, 3.8) is 0 Å². The minimum Gasteiger partial charge on any atom is -0.370 e. The average Bonchev–Trinajstić information content (AvgIpc) is 2.55. The van der Waals surface area contributed by atoms with E-state index in [9.17, 15) is 4.21 Å². The van der Waals surface area contributed by atoms with Gasteiger partial charge in [-0.3, -0.25) is 9.20 Å². The maximum atomic E-state index is 11.9. The van der Waals surface area contributed by atoms with Crippen molar-refractivity contribution in [3.05, 3.63) is 0 Å². The van der Waals surface area contributed by atoms with Crippen LogP contribution >= 0.6 is 0 Å². The molecule has 0 aromatic carbocycles. The van der Waals surface area contributed by atoms with E-state index in [1.54, 1.807) is 0 Å². The first kappa shape index (κ1) is 15.5. The molecular weight excluding hydrogens is 246 g/mol. The van der Waals surface area contributed by atoms with Crippen molar-refractivity contribution in [1.29, 1.82) is 0 Å². The number of guanidine groups is 1. The van der Waals surface area contributed by atoms with Gasteiger partial charge in [0.05, 0.1) is 6.54 Å². The highest BCUT2D eigenvalue weighted by Crippen LogP contribution is 2.11. The highest BCUT2D eigenvalue weighted by atomic mass is 32.2. The molecule has 4 nitrogen and oxygen atoms in total. The van der Waals surface area contributed by atoms with Gasteiger partial charge in [-0.05, 0) is 33.6 Å². The van der Waals surface area contributed by atoms with Gasteiger partial charge in [-0.2, -0.15) is 0 Å². The predicted octanol–water partition coefficient (Wildman–Crippen LogP) is 1.72. The second kappa shape index (κ2) is 7.12. The summed E-state index contributed by atoms with van der Waals surface area (Å²) >= 11 is 0. The number of aliphatic imine (C=N–C) groups is 1. The van der Waals surface area contributed by atoms with Crippen LogP contribution in [0.2, 0.25) is 0 Å². The molecule has 18 heavy (non-hydrogen) atoms.